The summed E-state index contributed by atoms with van der Waals surface area (Å²) < 4.78 is 10.9. The summed E-state index contributed by atoms with van der Waals surface area (Å²) in [5.74, 6) is -1.45. The fourth-order valence-electron chi connectivity index (χ4n) is 2.61. The zero-order valence-electron chi connectivity index (χ0n) is 15.1. The number of hydrazine groups is 1. The van der Waals surface area contributed by atoms with E-state index in [-0.39, 0.29) is 22.1 Å². The number of carbonyl (C=O) groups excluding carboxylic acids is 3. The van der Waals surface area contributed by atoms with Crippen molar-refractivity contribution in [2.24, 2.45) is 5.73 Å². The van der Waals surface area contributed by atoms with Gasteiger partial charge in [0.25, 0.3) is 17.7 Å². The van der Waals surface area contributed by atoms with Gasteiger partial charge >= 0.3 is 0 Å². The van der Waals surface area contributed by atoms with Gasteiger partial charge in [0.15, 0.2) is 18.1 Å². The second-order valence-electron chi connectivity index (χ2n) is 5.86. The van der Waals surface area contributed by atoms with Crippen molar-refractivity contribution in [3.05, 3.63) is 57.0 Å². The van der Waals surface area contributed by atoms with Crippen LogP contribution in [-0.4, -0.2) is 31.4 Å². The summed E-state index contributed by atoms with van der Waals surface area (Å²) >= 11 is 9.64. The molecule has 0 aliphatic carbocycles. The summed E-state index contributed by atoms with van der Waals surface area (Å²) in [7, 11) is 1.39. The molecule has 2 aromatic rings. The molecule has 0 bridgehead atoms. The van der Waals surface area contributed by atoms with E-state index in [1.165, 1.54) is 19.3 Å². The van der Waals surface area contributed by atoms with Crippen LogP contribution in [0.3, 0.4) is 0 Å². The van der Waals surface area contributed by atoms with E-state index in [1.807, 2.05) is 0 Å². The molecule has 0 atom stereocenters. The van der Waals surface area contributed by atoms with Gasteiger partial charge in [-0.1, -0.05) is 29.8 Å². The maximum atomic E-state index is 12.7. The van der Waals surface area contributed by atoms with Gasteiger partial charge in [0.2, 0.25) is 0 Å². The Bertz CT molecular complexity index is 1030. The Labute approximate surface area is 179 Å². The number of para-hydroxylation sites is 1. The number of hydrogen-bond acceptors (Lipinski definition) is 5. The second kappa shape index (κ2) is 8.54. The highest BCUT2D eigenvalue weighted by Gasteiger charge is 2.34. The molecule has 3 N–H and O–H groups in total. The minimum Gasteiger partial charge on any atom is -0.493 e. The number of benzene rings is 2. The Morgan fingerprint density at radius 1 is 1.31 bits per heavy atom. The third-order valence-electron chi connectivity index (χ3n) is 3.94. The van der Waals surface area contributed by atoms with Crippen LogP contribution >= 0.6 is 27.5 Å². The van der Waals surface area contributed by atoms with Crippen LogP contribution in [0.4, 0.5) is 5.69 Å². The van der Waals surface area contributed by atoms with Crippen molar-refractivity contribution in [3.63, 3.8) is 0 Å². The number of anilines is 1. The first-order valence-corrected chi connectivity index (χ1v) is 9.39. The van der Waals surface area contributed by atoms with Crippen LogP contribution in [0.15, 0.2) is 46.4 Å². The van der Waals surface area contributed by atoms with E-state index in [1.54, 1.807) is 30.3 Å². The number of halogens is 2. The zero-order chi connectivity index (χ0) is 21.1. The van der Waals surface area contributed by atoms with Crippen LogP contribution < -0.4 is 25.6 Å². The predicted molar refractivity (Wildman–Crippen MR) is 110 cm³/mol. The van der Waals surface area contributed by atoms with E-state index in [0.29, 0.717) is 15.7 Å². The Balaban J connectivity index is 1.99. The fourth-order valence-corrected chi connectivity index (χ4v) is 3.28. The van der Waals surface area contributed by atoms with Crippen LogP contribution in [0.5, 0.6) is 11.5 Å². The van der Waals surface area contributed by atoms with Crippen LogP contribution in [0.2, 0.25) is 5.02 Å². The molecule has 1 saturated heterocycles. The topological polar surface area (TPSA) is 111 Å². The molecule has 1 aliphatic heterocycles. The van der Waals surface area contributed by atoms with Crippen molar-refractivity contribution < 1.29 is 23.9 Å². The molecule has 3 amide bonds. The van der Waals surface area contributed by atoms with Gasteiger partial charge < -0.3 is 15.2 Å². The maximum Gasteiger partial charge on any atom is 0.282 e. The van der Waals surface area contributed by atoms with Gasteiger partial charge in [-0.05, 0) is 45.8 Å². The number of nitrogens with one attached hydrogen (secondary N) is 1. The molecule has 1 heterocycles. The van der Waals surface area contributed by atoms with Crippen LogP contribution in [0.25, 0.3) is 6.08 Å². The van der Waals surface area contributed by atoms with E-state index in [2.05, 4.69) is 21.4 Å². The highest BCUT2D eigenvalue weighted by Crippen LogP contribution is 2.43. The molecule has 0 unspecified atom stereocenters. The Kier molecular flexibility index (Phi) is 6.09. The smallest absolute Gasteiger partial charge is 0.282 e. The number of nitrogens with zero attached hydrogens (tertiary/aromatic N) is 1. The molecule has 0 radical (unpaired) electrons. The minimum atomic E-state index is -0.681. The molecule has 1 aliphatic rings. The maximum absolute atomic E-state index is 12.7. The zero-order valence-corrected chi connectivity index (χ0v) is 17.4. The minimum absolute atomic E-state index is 0.0847. The van der Waals surface area contributed by atoms with E-state index in [9.17, 15) is 14.4 Å². The molecule has 29 heavy (non-hydrogen) atoms. The summed E-state index contributed by atoms with van der Waals surface area (Å²) in [5, 5.41) is 1.26. The summed E-state index contributed by atoms with van der Waals surface area (Å²) in [5.41, 5.74) is 8.46. The lowest BCUT2D eigenvalue weighted by molar-refractivity contribution is -0.120. The number of ether oxygens (including phenoxy) is 2. The molecule has 3 rings (SSSR count). The Hall–Kier alpha value is -3.04. The van der Waals surface area contributed by atoms with Gasteiger partial charge in [0, 0.05) is 4.47 Å². The van der Waals surface area contributed by atoms with Crippen molar-refractivity contribution in [3.8, 4) is 11.5 Å². The number of carbonyl (C=O) groups is 3. The largest absolute Gasteiger partial charge is 0.493 e. The van der Waals surface area contributed by atoms with Gasteiger partial charge in [-0.2, -0.15) is 0 Å². The lowest BCUT2D eigenvalue weighted by Crippen LogP contribution is -2.35. The van der Waals surface area contributed by atoms with Crippen molar-refractivity contribution in [2.45, 2.75) is 0 Å². The van der Waals surface area contributed by atoms with Crippen molar-refractivity contribution in [1.29, 1.82) is 0 Å². The van der Waals surface area contributed by atoms with Crippen LogP contribution in [-0.2, 0) is 14.4 Å². The molecular weight excluding hydrogens is 466 g/mol. The number of rotatable bonds is 6. The molecule has 10 heteroatoms. The average Bonchev–Trinajstić information content (AvgIpc) is 2.99. The summed E-state index contributed by atoms with van der Waals surface area (Å²) in [6, 6.07) is 10.2. The number of methoxy groups -OCH3 is 1. The molecular formula is C19H15BrClN3O5. The lowest BCUT2D eigenvalue weighted by Gasteiger charge is -2.15. The monoisotopic (exact) mass is 479 g/mol. The van der Waals surface area contributed by atoms with E-state index < -0.39 is 24.3 Å². The van der Waals surface area contributed by atoms with Gasteiger partial charge in [-0.15, -0.1) is 0 Å². The van der Waals surface area contributed by atoms with Crippen molar-refractivity contribution in [2.75, 3.05) is 18.7 Å². The Morgan fingerprint density at radius 3 is 2.62 bits per heavy atom. The van der Waals surface area contributed by atoms with Gasteiger partial charge in [0.05, 0.1) is 12.8 Å². The molecule has 150 valence electrons. The SMILES string of the molecule is COc1cc(/C=C2/C(=O)NN(c3ccccc3)C2=O)c(Br)c(Cl)c1OCC(N)=O. The number of hydrogen-bond donors (Lipinski definition) is 2. The molecule has 0 aromatic heterocycles. The quantitative estimate of drug-likeness (QED) is 0.487. The molecule has 2 aromatic carbocycles. The first-order valence-electron chi connectivity index (χ1n) is 8.22. The molecule has 0 spiro atoms. The molecule has 8 nitrogen and oxygen atoms in total. The fraction of sp³-hybridized carbons (Fsp3) is 0.105. The number of nitrogens with two attached hydrogens (primary N) is 1. The second-order valence-corrected chi connectivity index (χ2v) is 7.03. The number of amides is 3. The third-order valence-corrected chi connectivity index (χ3v) is 5.38. The van der Waals surface area contributed by atoms with Crippen LogP contribution in [0, 0.1) is 0 Å². The highest BCUT2D eigenvalue weighted by molar-refractivity contribution is 9.10. The van der Waals surface area contributed by atoms with Crippen molar-refractivity contribution >= 4 is 57.0 Å². The normalized spacial score (nSPS) is 14.9. The Morgan fingerprint density at radius 2 is 2.00 bits per heavy atom. The van der Waals surface area contributed by atoms with Crippen molar-refractivity contribution in [1.82, 2.24) is 5.43 Å². The molecule has 1 fully saturated rings. The summed E-state index contributed by atoms with van der Waals surface area (Å²) in [6.45, 7) is -0.393. The lowest BCUT2D eigenvalue weighted by atomic mass is 10.1. The van der Waals surface area contributed by atoms with Gasteiger partial charge in [-0.25, -0.2) is 5.01 Å². The molecule has 0 saturated carbocycles. The summed E-state index contributed by atoms with van der Waals surface area (Å²) in [6.07, 6.45) is 1.39. The summed E-state index contributed by atoms with van der Waals surface area (Å²) in [4.78, 5) is 36.1. The first kappa shape index (κ1) is 20.7. The van der Waals surface area contributed by atoms with Crippen LogP contribution in [0.1, 0.15) is 5.56 Å². The first-order chi connectivity index (χ1) is 13.8. The average molecular weight is 481 g/mol. The van der Waals surface area contributed by atoms with Gasteiger partial charge in [0.1, 0.15) is 10.6 Å². The van der Waals surface area contributed by atoms with E-state index in [0.717, 1.165) is 5.01 Å². The van der Waals surface area contributed by atoms with Gasteiger partial charge in [-0.3, -0.25) is 19.8 Å². The number of primary amides is 1. The highest BCUT2D eigenvalue weighted by atomic mass is 79.9. The van der Waals surface area contributed by atoms with E-state index in [4.69, 9.17) is 26.8 Å². The third kappa shape index (κ3) is 4.20. The van der Waals surface area contributed by atoms with E-state index >= 15 is 0 Å². The standard InChI is InChI=1S/C19H15BrClN3O5/c1-28-13-8-10(15(20)16(21)17(13)29-9-14(22)25)7-12-18(26)23-24(19(12)27)11-5-3-2-4-6-11/h2-8H,9H2,1H3,(H2,22,25)(H,23,26)/b12-7-. The predicted octanol–water partition coefficient (Wildman–Crippen LogP) is 2.44.